The molecule has 2 unspecified atom stereocenters. The minimum atomic E-state index is -1.68. The van der Waals surface area contributed by atoms with Gasteiger partial charge in [-0.05, 0) is 80.9 Å². The highest BCUT2D eigenvalue weighted by Gasteiger charge is 2.44. The van der Waals surface area contributed by atoms with Crippen molar-refractivity contribution in [2.45, 2.75) is 134 Å². The third-order valence-corrected chi connectivity index (χ3v) is 20.5. The second-order valence-corrected chi connectivity index (χ2v) is 28.7. The maximum Gasteiger partial charge on any atom is 0.317 e. The number of imidazole rings is 1. The van der Waals surface area contributed by atoms with Crippen molar-refractivity contribution in [3.8, 4) is 5.75 Å². The van der Waals surface area contributed by atoms with Gasteiger partial charge >= 0.3 is 11.9 Å². The van der Waals surface area contributed by atoms with Gasteiger partial charge in [0, 0.05) is 120 Å². The zero-order valence-electron chi connectivity index (χ0n) is 54.3. The number of carboxylic acids is 2. The van der Waals surface area contributed by atoms with Crippen molar-refractivity contribution < 1.29 is 73.2 Å². The SMILES string of the molecule is CCC(=O)[C@@H]1CSSC[C@H](NC(=O)[C@@H](CC(=O)[C@H](Cc2ccccc2)NC(=O)CN2CCCN3CCN(CCCN(CC(=O)O)CC3)CC2)Cc2c[nH]cn2)C(=O)N2C[C@H](O)C[C@H]2C(=O)C[C@@H](Cc2ccc(O)c(Cl)c2)C(=O)N[C@@H](CC(=O)O)C(=O)C[C@@H](CC(C)C)C(=O)N1. The number of nitrogens with zero attached hydrogens (tertiary/aromatic N) is 6. The standard InChI is InChI=1S/C66H92ClN11O15S2/c1-4-55(80)52-38-94-95-39-53(66(93)78-35-48(79)32-54(78)59(84)31-45(25-43-12-13-56(81)49(67)26-43)64(91)71-51(33-61(86)87)58(83)29-44(24-41(2)3)63(90)72-52)73-65(92)46(28-47-34-68-40-69-47)30-57(82)50(27-42-10-6-5-7-11-42)70-60(85)36-76-16-8-14-75-19-18-74(20-22-76)15-9-17-77(23-21-75)37-62(88)89/h5-7,10-13,26,34,40-41,44-46,48,50-54,79,81H,4,8-9,14-25,27-33,35-39H2,1-3H3,(H,68,69)(H,70,85)(H,71,91)(H,72,90)(H,73,92)(H,86,87)(H,88,89)/t44-,45-,46-,48-,50+,51+,52+,53+,54+/m1/s1. The molecule has 1 aromatic heterocycles. The van der Waals surface area contributed by atoms with E-state index in [-0.39, 0.29) is 92.1 Å². The molecule has 2 bridgehead atoms. The van der Waals surface area contributed by atoms with E-state index in [1.165, 1.54) is 24.5 Å². The van der Waals surface area contributed by atoms with Crippen LogP contribution in [0, 0.1) is 23.7 Å². The fourth-order valence-corrected chi connectivity index (χ4v) is 15.2. The van der Waals surface area contributed by atoms with Gasteiger partial charge in [-0.1, -0.05) is 90.4 Å². The Kier molecular flexibility index (Phi) is 30.0. The lowest BCUT2D eigenvalue weighted by Gasteiger charge is -2.35. The second-order valence-electron chi connectivity index (χ2n) is 25.7. The number of carboxylic acid groups (broad SMARTS) is 2. The Hall–Kier alpha value is -6.79. The summed E-state index contributed by atoms with van der Waals surface area (Å²) in [6.45, 7) is 11.8. The van der Waals surface area contributed by atoms with Crippen LogP contribution in [0.4, 0.5) is 0 Å². The van der Waals surface area contributed by atoms with E-state index in [0.29, 0.717) is 50.5 Å². The van der Waals surface area contributed by atoms with Crippen molar-refractivity contribution in [1.82, 2.24) is 55.7 Å². The molecule has 4 fully saturated rings. The maximum atomic E-state index is 15.3. The van der Waals surface area contributed by atoms with Gasteiger partial charge in [-0.25, -0.2) is 4.98 Å². The Morgan fingerprint density at radius 2 is 1.41 bits per heavy atom. The van der Waals surface area contributed by atoms with Crippen molar-refractivity contribution in [1.29, 1.82) is 0 Å². The number of aromatic nitrogens is 2. The number of halogens is 1. The first-order valence-electron chi connectivity index (χ1n) is 32.8. The molecule has 7 rings (SSSR count). The molecule has 2 aromatic carbocycles. The zero-order valence-corrected chi connectivity index (χ0v) is 56.7. The summed E-state index contributed by atoms with van der Waals surface area (Å²) in [6, 6.07) is 6.46. The highest BCUT2D eigenvalue weighted by Crippen LogP contribution is 2.31. The Morgan fingerprint density at radius 3 is 2.04 bits per heavy atom. The topological polar surface area (TPSA) is 362 Å². The summed E-state index contributed by atoms with van der Waals surface area (Å²) < 4.78 is 0. The smallest absolute Gasteiger partial charge is 0.317 e. The summed E-state index contributed by atoms with van der Waals surface area (Å²) >= 11 is 6.29. The third kappa shape index (κ3) is 24.4. The molecular formula is C66H92ClN11O15S2. The molecule has 29 heteroatoms. The van der Waals surface area contributed by atoms with E-state index in [9.17, 15) is 58.8 Å². The van der Waals surface area contributed by atoms with Crippen LogP contribution in [0.3, 0.4) is 0 Å². The normalized spacial score (nSPS) is 25.3. The van der Waals surface area contributed by atoms with Crippen molar-refractivity contribution in [3.05, 3.63) is 82.9 Å². The molecule has 4 saturated heterocycles. The number of H-pyrrole nitrogens is 1. The summed E-state index contributed by atoms with van der Waals surface area (Å²) in [6.07, 6.45) is 0.392. The molecule has 26 nitrogen and oxygen atoms in total. The average Bonchev–Trinajstić information content (AvgIpc) is 1.74. The van der Waals surface area contributed by atoms with Gasteiger partial charge in [-0.2, -0.15) is 0 Å². The molecule has 0 saturated carbocycles. The molecule has 4 aliphatic rings. The zero-order chi connectivity index (χ0) is 68.7. The molecule has 11 atom stereocenters. The van der Waals surface area contributed by atoms with Crippen molar-refractivity contribution in [2.75, 3.05) is 96.6 Å². The number of aliphatic hydroxyl groups is 1. The van der Waals surface area contributed by atoms with Crippen LogP contribution in [0.1, 0.15) is 95.4 Å². The molecule has 5 heterocycles. The van der Waals surface area contributed by atoms with Crippen molar-refractivity contribution in [2.24, 2.45) is 23.7 Å². The number of rotatable bonds is 22. The number of carbonyl (C=O) groups is 11. The predicted octanol–water partition coefficient (Wildman–Crippen LogP) is 2.42. The minimum Gasteiger partial charge on any atom is -0.506 e. The van der Waals surface area contributed by atoms with E-state index < -0.39 is 139 Å². The molecule has 520 valence electrons. The monoisotopic (exact) mass is 1380 g/mol. The van der Waals surface area contributed by atoms with Crippen LogP contribution in [0.15, 0.2) is 61.1 Å². The first kappa shape index (κ1) is 75.6. The number of ketones is 4. The highest BCUT2D eigenvalue weighted by atomic mass is 35.5. The van der Waals surface area contributed by atoms with Crippen LogP contribution in [0.25, 0.3) is 0 Å². The molecular weight excluding hydrogens is 1290 g/mol. The summed E-state index contributed by atoms with van der Waals surface area (Å²) in [4.78, 5) is 172. The highest BCUT2D eigenvalue weighted by molar-refractivity contribution is 8.76. The van der Waals surface area contributed by atoms with Crippen LogP contribution in [-0.4, -0.2) is 252 Å². The number of fused-ring (bicyclic) bond motifs is 4. The van der Waals surface area contributed by atoms with E-state index in [1.54, 1.807) is 13.1 Å². The third-order valence-electron chi connectivity index (χ3n) is 17.8. The number of aliphatic hydroxyl groups excluding tert-OH is 1. The van der Waals surface area contributed by atoms with Gasteiger partial charge < -0.3 is 61.4 Å². The maximum absolute atomic E-state index is 15.3. The summed E-state index contributed by atoms with van der Waals surface area (Å²) in [7, 11) is 2.17. The number of aromatic amines is 1. The van der Waals surface area contributed by atoms with Gasteiger partial charge in [0.1, 0.15) is 11.8 Å². The lowest BCUT2D eigenvalue weighted by molar-refractivity contribution is -0.142. The first-order valence-corrected chi connectivity index (χ1v) is 35.6. The van der Waals surface area contributed by atoms with Crippen LogP contribution in [-0.2, 0) is 72.0 Å². The van der Waals surface area contributed by atoms with E-state index in [2.05, 4.69) is 45.9 Å². The Labute approximate surface area is 566 Å². The molecule has 9 N–H and O–H groups in total. The van der Waals surface area contributed by atoms with Gasteiger partial charge in [0.15, 0.2) is 23.1 Å². The van der Waals surface area contributed by atoms with Crippen LogP contribution in [0.2, 0.25) is 5.02 Å². The lowest BCUT2D eigenvalue weighted by atomic mass is 9.87. The molecule has 0 aliphatic carbocycles. The van der Waals surface area contributed by atoms with Crippen LogP contribution < -0.4 is 21.3 Å². The summed E-state index contributed by atoms with van der Waals surface area (Å²) in [5, 5.41) is 52.2. The number of amides is 5. The van der Waals surface area contributed by atoms with Crippen LogP contribution >= 0.6 is 33.2 Å². The molecule has 3 aromatic rings. The minimum absolute atomic E-state index is 0.000414. The lowest BCUT2D eigenvalue weighted by Crippen LogP contribution is -2.55. The quantitative estimate of drug-likeness (QED) is 0.0652. The van der Waals surface area contributed by atoms with Gasteiger partial charge in [-0.15, -0.1) is 0 Å². The number of benzene rings is 2. The van der Waals surface area contributed by atoms with Gasteiger partial charge in [0.25, 0.3) is 0 Å². The van der Waals surface area contributed by atoms with Gasteiger partial charge in [0.05, 0.1) is 72.7 Å². The Bertz CT molecular complexity index is 3130. The van der Waals surface area contributed by atoms with Gasteiger partial charge in [-0.3, -0.25) is 62.5 Å². The number of carbonyl (C=O) groups excluding carboxylic acids is 9. The molecule has 0 spiro atoms. The Balaban J connectivity index is 1.17. The number of phenolic OH excluding ortho intramolecular Hbond substituents is 1. The van der Waals surface area contributed by atoms with Crippen molar-refractivity contribution in [3.63, 3.8) is 0 Å². The molecule has 5 amide bonds. The van der Waals surface area contributed by atoms with Gasteiger partial charge in [0.2, 0.25) is 29.5 Å². The summed E-state index contributed by atoms with van der Waals surface area (Å²) in [5.41, 5.74) is 1.50. The number of hydrogen-bond acceptors (Lipinski definition) is 20. The fraction of sp³-hybridized carbons (Fsp3) is 0.606. The number of phenols is 1. The van der Waals surface area contributed by atoms with Crippen LogP contribution in [0.5, 0.6) is 5.75 Å². The van der Waals surface area contributed by atoms with Crippen molar-refractivity contribution >= 4 is 97.8 Å². The number of aliphatic carboxylic acids is 2. The predicted molar refractivity (Wildman–Crippen MR) is 357 cm³/mol. The number of hydrogen-bond donors (Lipinski definition) is 9. The Morgan fingerprint density at radius 1 is 0.758 bits per heavy atom. The number of Topliss-reactive ketones (excluding diaryl/α,β-unsaturated/α-hetero) is 4. The summed E-state index contributed by atoms with van der Waals surface area (Å²) in [5.74, 6) is -12.5. The largest absolute Gasteiger partial charge is 0.506 e. The molecule has 95 heavy (non-hydrogen) atoms. The molecule has 4 aliphatic heterocycles. The molecule has 0 radical (unpaired) electrons. The number of aromatic hydroxyl groups is 1. The number of nitrogens with one attached hydrogen (secondary N) is 5. The first-order chi connectivity index (χ1) is 45.4. The van der Waals surface area contributed by atoms with E-state index in [4.69, 9.17) is 11.6 Å². The van der Waals surface area contributed by atoms with E-state index in [0.717, 1.165) is 71.1 Å². The fourth-order valence-electron chi connectivity index (χ4n) is 12.7. The van der Waals surface area contributed by atoms with E-state index >= 15 is 14.4 Å². The van der Waals surface area contributed by atoms with E-state index in [1.807, 2.05) is 49.1 Å². The second kappa shape index (κ2) is 37.6. The average molecular weight is 1380 g/mol.